The number of hydrogen-bond acceptors (Lipinski definition) is 6. The molecule has 1 unspecified atom stereocenters. The van der Waals surface area contributed by atoms with E-state index in [1.165, 1.54) is 0 Å². The summed E-state index contributed by atoms with van der Waals surface area (Å²) in [6.07, 6.45) is 5.24. The van der Waals surface area contributed by atoms with E-state index in [2.05, 4.69) is 19.6 Å². The minimum Gasteiger partial charge on any atom is -0.391 e. The second kappa shape index (κ2) is 5.68. The average Bonchev–Trinajstić information content (AvgIpc) is 3.26. The molecule has 0 amide bonds. The van der Waals surface area contributed by atoms with E-state index >= 15 is 0 Å². The molecule has 8 heteroatoms. The van der Waals surface area contributed by atoms with Gasteiger partial charge in [0, 0.05) is 36.8 Å². The van der Waals surface area contributed by atoms with Gasteiger partial charge in [0.15, 0.2) is 0 Å². The summed E-state index contributed by atoms with van der Waals surface area (Å²) in [6, 6.07) is 2.02. The third-order valence-electron chi connectivity index (χ3n) is 5.01. The van der Waals surface area contributed by atoms with E-state index in [1.54, 1.807) is 6.33 Å². The highest BCUT2D eigenvalue weighted by molar-refractivity contribution is 7.90. The fourth-order valence-electron chi connectivity index (χ4n) is 3.37. The van der Waals surface area contributed by atoms with Gasteiger partial charge < -0.3 is 10.0 Å². The zero-order valence-corrected chi connectivity index (χ0v) is 13.7. The van der Waals surface area contributed by atoms with Crippen molar-refractivity contribution < 1.29 is 13.5 Å². The Bertz CT molecular complexity index is 686. The largest absolute Gasteiger partial charge is 0.391 e. The van der Waals surface area contributed by atoms with E-state index < -0.39 is 10.0 Å². The minimum atomic E-state index is -3.10. The number of sulfonamides is 1. The van der Waals surface area contributed by atoms with Gasteiger partial charge in [-0.05, 0) is 32.1 Å². The fraction of sp³-hybridized carbons (Fsp3) is 0.733. The molecule has 2 saturated carbocycles. The Morgan fingerprint density at radius 2 is 2.00 bits per heavy atom. The Balaban J connectivity index is 1.37. The number of hydrogen-bond donors (Lipinski definition) is 2. The molecule has 1 aliphatic heterocycles. The molecule has 1 aromatic rings. The highest BCUT2D eigenvalue weighted by Crippen LogP contribution is 2.38. The Hall–Kier alpha value is -1.25. The van der Waals surface area contributed by atoms with Gasteiger partial charge in [-0.3, -0.25) is 0 Å². The Morgan fingerprint density at radius 3 is 2.65 bits per heavy atom. The Morgan fingerprint density at radius 1 is 1.22 bits per heavy atom. The van der Waals surface area contributed by atoms with Crippen LogP contribution in [-0.4, -0.2) is 54.0 Å². The van der Waals surface area contributed by atoms with Gasteiger partial charge in [0.25, 0.3) is 0 Å². The number of rotatable bonds is 5. The molecule has 0 aromatic carbocycles. The molecule has 126 valence electrons. The monoisotopic (exact) mass is 338 g/mol. The molecule has 4 rings (SSSR count). The van der Waals surface area contributed by atoms with Crippen LogP contribution < -0.4 is 9.62 Å². The van der Waals surface area contributed by atoms with Crippen LogP contribution in [0, 0.1) is 0 Å². The first kappa shape index (κ1) is 15.3. The molecule has 1 atom stereocenters. The summed E-state index contributed by atoms with van der Waals surface area (Å²) >= 11 is 0. The molecule has 2 aliphatic carbocycles. The molecule has 0 spiro atoms. The topological polar surface area (TPSA) is 95.4 Å². The second-order valence-corrected chi connectivity index (χ2v) is 8.91. The van der Waals surface area contributed by atoms with Crippen molar-refractivity contribution in [3.63, 3.8) is 0 Å². The van der Waals surface area contributed by atoms with Crippen molar-refractivity contribution in [2.24, 2.45) is 0 Å². The first-order valence-corrected chi connectivity index (χ1v) is 9.82. The zero-order valence-electron chi connectivity index (χ0n) is 12.9. The Labute approximate surface area is 136 Å². The lowest BCUT2D eigenvalue weighted by molar-refractivity contribution is 0.198. The van der Waals surface area contributed by atoms with Crippen molar-refractivity contribution >= 4 is 15.8 Å². The molecule has 0 radical (unpaired) electrons. The summed E-state index contributed by atoms with van der Waals surface area (Å²) in [5.74, 6) is 1.14. The highest BCUT2D eigenvalue weighted by Gasteiger charge is 2.40. The van der Waals surface area contributed by atoms with Crippen LogP contribution in [0.1, 0.15) is 43.7 Å². The summed E-state index contributed by atoms with van der Waals surface area (Å²) in [4.78, 5) is 10.7. The number of nitrogens with one attached hydrogen (secondary N) is 1. The molecular weight excluding hydrogens is 316 g/mol. The summed E-state index contributed by atoms with van der Waals surface area (Å²) < 4.78 is 26.7. The van der Waals surface area contributed by atoms with Gasteiger partial charge in [-0.15, -0.1) is 0 Å². The third-order valence-corrected chi connectivity index (χ3v) is 7.02. The first-order chi connectivity index (χ1) is 11.0. The average molecular weight is 338 g/mol. The molecule has 3 fully saturated rings. The summed E-state index contributed by atoms with van der Waals surface area (Å²) in [5, 5.41) is 9.48. The maximum absolute atomic E-state index is 11.9. The number of anilines is 1. The SMILES string of the molecule is O=S(=O)(NC1CC(c2cc(N3CCC(O)C3)ncn2)C1)C1CC1. The summed E-state index contributed by atoms with van der Waals surface area (Å²) in [5.41, 5.74) is 0.971. The maximum Gasteiger partial charge on any atom is 0.214 e. The third kappa shape index (κ3) is 3.20. The second-order valence-electron chi connectivity index (χ2n) is 6.92. The highest BCUT2D eigenvalue weighted by atomic mass is 32.2. The van der Waals surface area contributed by atoms with Gasteiger partial charge in [-0.1, -0.05) is 0 Å². The summed E-state index contributed by atoms with van der Waals surface area (Å²) in [6.45, 7) is 1.43. The molecule has 2 heterocycles. The van der Waals surface area contributed by atoms with Crippen LogP contribution in [0.4, 0.5) is 5.82 Å². The van der Waals surface area contributed by atoms with Crippen LogP contribution in [-0.2, 0) is 10.0 Å². The molecule has 23 heavy (non-hydrogen) atoms. The van der Waals surface area contributed by atoms with Crippen LogP contribution >= 0.6 is 0 Å². The number of nitrogens with zero attached hydrogens (tertiary/aromatic N) is 3. The standard InChI is InChI=1S/C15H22N4O3S/c20-12-3-4-19(8-12)15-7-14(16-9-17-15)10-5-11(6-10)18-23(21,22)13-1-2-13/h7,9-13,18,20H,1-6,8H2. The molecule has 1 saturated heterocycles. The smallest absolute Gasteiger partial charge is 0.214 e. The van der Waals surface area contributed by atoms with Crippen molar-refractivity contribution in [2.75, 3.05) is 18.0 Å². The number of β-amino-alcohol motifs (C(OH)–C–C–N with tert-alkyl or cyclic N) is 1. The summed E-state index contributed by atoms with van der Waals surface area (Å²) in [7, 11) is -3.10. The predicted octanol–water partition coefficient (Wildman–Crippen LogP) is 0.375. The van der Waals surface area contributed by atoms with Gasteiger partial charge >= 0.3 is 0 Å². The minimum absolute atomic E-state index is 0.0395. The van der Waals surface area contributed by atoms with Crippen LogP contribution in [0.3, 0.4) is 0 Å². The number of aliphatic hydroxyl groups is 1. The van der Waals surface area contributed by atoms with E-state index in [1.807, 2.05) is 6.07 Å². The van der Waals surface area contributed by atoms with E-state index in [9.17, 15) is 13.5 Å². The zero-order chi connectivity index (χ0) is 16.0. The predicted molar refractivity (Wildman–Crippen MR) is 85.7 cm³/mol. The van der Waals surface area contributed by atoms with E-state index in [0.717, 1.165) is 50.2 Å². The molecule has 3 aliphatic rings. The van der Waals surface area contributed by atoms with Gasteiger partial charge in [-0.25, -0.2) is 23.1 Å². The van der Waals surface area contributed by atoms with Crippen molar-refractivity contribution in [1.29, 1.82) is 0 Å². The van der Waals surface area contributed by atoms with E-state index in [4.69, 9.17) is 0 Å². The van der Waals surface area contributed by atoms with Crippen molar-refractivity contribution in [2.45, 2.75) is 55.4 Å². The number of aromatic nitrogens is 2. The van der Waals surface area contributed by atoms with Crippen molar-refractivity contribution in [1.82, 2.24) is 14.7 Å². The lowest BCUT2D eigenvalue weighted by Crippen LogP contribution is -2.44. The molecule has 0 bridgehead atoms. The van der Waals surface area contributed by atoms with Crippen molar-refractivity contribution in [3.8, 4) is 0 Å². The normalized spacial score (nSPS) is 31.2. The Kier molecular flexibility index (Phi) is 3.78. The first-order valence-electron chi connectivity index (χ1n) is 8.27. The van der Waals surface area contributed by atoms with Crippen LogP contribution in [0.15, 0.2) is 12.4 Å². The van der Waals surface area contributed by atoms with Crippen LogP contribution in [0.2, 0.25) is 0 Å². The molecule has 7 nitrogen and oxygen atoms in total. The molecular formula is C15H22N4O3S. The van der Waals surface area contributed by atoms with Gasteiger partial charge in [-0.2, -0.15) is 0 Å². The fourth-order valence-corrected chi connectivity index (χ4v) is 4.98. The van der Waals surface area contributed by atoms with Crippen molar-refractivity contribution in [3.05, 3.63) is 18.1 Å². The van der Waals surface area contributed by atoms with Crippen LogP contribution in [0.25, 0.3) is 0 Å². The number of aliphatic hydroxyl groups excluding tert-OH is 1. The van der Waals surface area contributed by atoms with Gasteiger partial charge in [0.2, 0.25) is 10.0 Å². The quantitative estimate of drug-likeness (QED) is 0.806. The lowest BCUT2D eigenvalue weighted by Gasteiger charge is -2.35. The van der Waals surface area contributed by atoms with Gasteiger partial charge in [0.1, 0.15) is 12.1 Å². The molecule has 2 N–H and O–H groups in total. The lowest BCUT2D eigenvalue weighted by atomic mass is 9.78. The van der Waals surface area contributed by atoms with E-state index in [-0.39, 0.29) is 23.3 Å². The van der Waals surface area contributed by atoms with E-state index in [0.29, 0.717) is 6.54 Å². The maximum atomic E-state index is 11.9. The van der Waals surface area contributed by atoms with Gasteiger partial charge in [0.05, 0.1) is 11.4 Å². The molecule has 1 aromatic heterocycles. The van der Waals surface area contributed by atoms with Crippen LogP contribution in [0.5, 0.6) is 0 Å².